The molecule has 0 radical (unpaired) electrons. The third-order valence-electron chi connectivity index (χ3n) is 17.3. The first-order chi connectivity index (χ1) is 30.8. The zero-order chi connectivity index (χ0) is 46.3. The van der Waals surface area contributed by atoms with E-state index < -0.39 is 82.6 Å². The minimum Gasteiger partial charge on any atom is -0.481 e. The average molecular weight is 894 g/mol. The Bertz CT molecular complexity index is 2300. The average Bonchev–Trinajstić information content (AvgIpc) is 3.87. The third-order valence-corrected chi connectivity index (χ3v) is 17.3. The number of rotatable bonds is 16. The third kappa shape index (κ3) is 7.44. The van der Waals surface area contributed by atoms with Gasteiger partial charge < -0.3 is 36.2 Å². The highest BCUT2D eigenvalue weighted by atomic mass is 16.4. The molecule has 9 atom stereocenters. The smallest absolute Gasteiger partial charge is 0.303 e. The lowest BCUT2D eigenvalue weighted by molar-refractivity contribution is -0.166. The second-order valence-electron chi connectivity index (χ2n) is 21.0. The van der Waals surface area contributed by atoms with Crippen LogP contribution < -0.4 is 20.9 Å². The number of nitrogens with zero attached hydrogens (tertiary/aromatic N) is 2. The maximum absolute atomic E-state index is 14.1. The normalized spacial score (nSPS) is 36.3. The number of Topliss-reactive ketones (excluding diaryl/α,β-unsaturated/α-hetero) is 1. The van der Waals surface area contributed by atoms with E-state index in [1.165, 1.54) is 0 Å². The van der Waals surface area contributed by atoms with Crippen molar-refractivity contribution < 1.29 is 53.7 Å². The van der Waals surface area contributed by atoms with Gasteiger partial charge in [0.1, 0.15) is 12.6 Å². The Labute approximate surface area is 377 Å². The number of aliphatic carboxylic acids is 1. The summed E-state index contributed by atoms with van der Waals surface area (Å²) >= 11 is 0. The molecular weight excluding hydrogens is 835 g/mol. The van der Waals surface area contributed by atoms with Gasteiger partial charge in [0.05, 0.1) is 18.1 Å². The van der Waals surface area contributed by atoms with Crippen molar-refractivity contribution in [2.24, 2.45) is 45.3 Å². The number of hydrogen-bond donors (Lipinski definition) is 6. The van der Waals surface area contributed by atoms with Crippen LogP contribution in [0.4, 0.5) is 5.69 Å². The molecule has 1 aromatic rings. The van der Waals surface area contributed by atoms with Crippen molar-refractivity contribution in [2.75, 3.05) is 37.7 Å². The summed E-state index contributed by atoms with van der Waals surface area (Å²) in [5.41, 5.74) is 1.08. The van der Waals surface area contributed by atoms with E-state index >= 15 is 0 Å². The highest BCUT2D eigenvalue weighted by Crippen LogP contribution is 2.73. The number of carboxylic acid groups (broad SMARTS) is 1. The summed E-state index contributed by atoms with van der Waals surface area (Å²) in [6, 6.07) is 7.29. The first-order valence-electron chi connectivity index (χ1n) is 23.1. The maximum atomic E-state index is 14.1. The molecular formula is C49H59N5O11. The fourth-order valence-corrected chi connectivity index (χ4v) is 14.6. The molecule has 0 aromatic heterocycles. The van der Waals surface area contributed by atoms with E-state index in [1.54, 1.807) is 12.2 Å². The second kappa shape index (κ2) is 16.1. The van der Waals surface area contributed by atoms with E-state index in [4.69, 9.17) is 0 Å². The minimum atomic E-state index is -1.13. The van der Waals surface area contributed by atoms with Crippen LogP contribution in [-0.4, -0.2) is 118 Å². The molecule has 65 heavy (non-hydrogen) atoms. The molecule has 10 rings (SSSR count). The van der Waals surface area contributed by atoms with Crippen molar-refractivity contribution in [1.82, 2.24) is 20.9 Å². The molecule has 2 bridgehead atoms. The Morgan fingerprint density at radius 1 is 0.938 bits per heavy atom. The lowest BCUT2D eigenvalue weighted by atomic mass is 9.38. The fourth-order valence-electron chi connectivity index (χ4n) is 14.6. The van der Waals surface area contributed by atoms with E-state index in [9.17, 15) is 53.7 Å². The number of allylic oxidation sites excluding steroid dienone is 4. The molecule has 346 valence electrons. The first kappa shape index (κ1) is 44.7. The van der Waals surface area contributed by atoms with E-state index in [-0.39, 0.29) is 66.5 Å². The highest BCUT2D eigenvalue weighted by molar-refractivity contribution is 6.13. The van der Waals surface area contributed by atoms with E-state index in [0.29, 0.717) is 19.5 Å². The van der Waals surface area contributed by atoms with Gasteiger partial charge in [0, 0.05) is 67.2 Å². The monoisotopic (exact) mass is 893 g/mol. The van der Waals surface area contributed by atoms with Gasteiger partial charge in [-0.2, -0.15) is 0 Å². The Balaban J connectivity index is 0.788. The van der Waals surface area contributed by atoms with E-state index in [1.807, 2.05) is 6.08 Å². The van der Waals surface area contributed by atoms with Crippen molar-refractivity contribution in [3.8, 4) is 0 Å². The molecule has 2 heterocycles. The summed E-state index contributed by atoms with van der Waals surface area (Å²) < 4.78 is 0. The highest BCUT2D eigenvalue weighted by Gasteiger charge is 2.73. The van der Waals surface area contributed by atoms with Gasteiger partial charge in [-0.15, -0.1) is 0 Å². The molecule has 2 aliphatic heterocycles. The molecule has 6 saturated carbocycles. The number of amides is 5. The summed E-state index contributed by atoms with van der Waals surface area (Å²) in [7, 11) is 0. The molecule has 9 aliphatic rings. The van der Waals surface area contributed by atoms with Crippen molar-refractivity contribution in [3.05, 3.63) is 65.8 Å². The summed E-state index contributed by atoms with van der Waals surface area (Å²) in [5.74, 6) is -3.68. The van der Waals surface area contributed by atoms with Crippen LogP contribution in [0.15, 0.2) is 60.2 Å². The Kier molecular flexibility index (Phi) is 11.1. The van der Waals surface area contributed by atoms with Crippen LogP contribution in [0.3, 0.4) is 0 Å². The number of aliphatic hydroxyl groups is 2. The van der Waals surface area contributed by atoms with Crippen molar-refractivity contribution >= 4 is 52.8 Å². The lowest BCUT2D eigenvalue weighted by Crippen LogP contribution is -2.76. The van der Waals surface area contributed by atoms with Crippen LogP contribution in [-0.2, 0) is 44.8 Å². The summed E-state index contributed by atoms with van der Waals surface area (Å²) in [4.78, 5) is 103. The predicted molar refractivity (Wildman–Crippen MR) is 233 cm³/mol. The quantitative estimate of drug-likeness (QED) is 0.131. The molecule has 5 amide bonds. The molecule has 7 fully saturated rings. The number of carboxylic acids is 1. The number of anilines is 1. The van der Waals surface area contributed by atoms with Crippen LogP contribution in [0.2, 0.25) is 0 Å². The number of carbonyl (C=O) groups is 8. The number of nitrogens with one attached hydrogen (secondary N) is 3. The van der Waals surface area contributed by atoms with Crippen LogP contribution in [0.1, 0.15) is 83.6 Å². The van der Waals surface area contributed by atoms with Crippen molar-refractivity contribution in [2.45, 2.75) is 102 Å². The Morgan fingerprint density at radius 2 is 1.65 bits per heavy atom. The maximum Gasteiger partial charge on any atom is 0.303 e. The van der Waals surface area contributed by atoms with Crippen LogP contribution in [0.5, 0.6) is 0 Å². The predicted octanol–water partition coefficient (Wildman–Crippen LogP) is 1.92. The zero-order valence-electron chi connectivity index (χ0n) is 37.0. The molecule has 1 aromatic carbocycles. The van der Waals surface area contributed by atoms with Gasteiger partial charge in [-0.25, -0.2) is 0 Å². The molecule has 16 heteroatoms. The first-order valence-corrected chi connectivity index (χ1v) is 23.1. The number of ketones is 2. The zero-order valence-corrected chi connectivity index (χ0v) is 37.0. The number of fused-ring (bicyclic) bond motifs is 7. The second-order valence-corrected chi connectivity index (χ2v) is 21.0. The minimum absolute atomic E-state index is 0.000484. The fraction of sp³-hybridized carbons (Fsp3) is 0.592. The molecule has 7 aliphatic carbocycles. The van der Waals surface area contributed by atoms with Gasteiger partial charge in [-0.05, 0) is 116 Å². The van der Waals surface area contributed by atoms with Gasteiger partial charge in [-0.1, -0.05) is 37.6 Å². The van der Waals surface area contributed by atoms with Gasteiger partial charge in [0.25, 0.3) is 11.8 Å². The number of benzene rings is 1. The van der Waals surface area contributed by atoms with Gasteiger partial charge in [-0.3, -0.25) is 43.3 Å². The van der Waals surface area contributed by atoms with E-state index in [2.05, 4.69) is 59.0 Å². The van der Waals surface area contributed by atoms with E-state index in [0.717, 1.165) is 78.8 Å². The Hall–Kier alpha value is -5.48. The number of aliphatic hydroxyl groups excluding tert-OH is 2. The molecule has 16 nitrogen and oxygen atoms in total. The largest absolute Gasteiger partial charge is 0.481 e. The van der Waals surface area contributed by atoms with Gasteiger partial charge in [0.2, 0.25) is 17.7 Å². The van der Waals surface area contributed by atoms with Crippen molar-refractivity contribution in [3.63, 3.8) is 0 Å². The number of carbonyl (C=O) groups excluding carboxylic acids is 7. The van der Waals surface area contributed by atoms with Crippen LogP contribution in [0.25, 0.3) is 0 Å². The molecule has 0 spiro atoms. The van der Waals surface area contributed by atoms with Gasteiger partial charge >= 0.3 is 5.97 Å². The molecule has 6 N–H and O–H groups in total. The molecule has 1 saturated heterocycles. The summed E-state index contributed by atoms with van der Waals surface area (Å²) in [5, 5.41) is 39.9. The SMILES string of the molecule is C[C@]12C=CC(=O)C=C1CC[C@@H]1[C@@H]2[C@@H](O)C[C@@]2(C)[C@H]1C[C@H]1CN(c3ccc(CC45CC(NC(=O)[C@H](CCC(=O)O)NC(=O)CNC(=O)CCN6C(=O)C=CC6=O)(C4)C5)cc3)C[C@]12C(=O)CO. The molecule has 0 unspecified atom stereocenters. The number of hydrogen-bond acceptors (Lipinski definition) is 11. The van der Waals surface area contributed by atoms with Crippen LogP contribution in [0, 0.1) is 45.3 Å². The summed E-state index contributed by atoms with van der Waals surface area (Å²) in [6.45, 7) is 4.33. The van der Waals surface area contributed by atoms with Gasteiger partial charge in [0.15, 0.2) is 11.6 Å². The topological polar surface area (TPSA) is 240 Å². The van der Waals surface area contributed by atoms with Crippen LogP contribution >= 0.6 is 0 Å². The summed E-state index contributed by atoms with van der Waals surface area (Å²) in [6.07, 6.45) is 12.2. The Morgan fingerprint density at radius 3 is 2.32 bits per heavy atom. The van der Waals surface area contributed by atoms with Crippen molar-refractivity contribution in [1.29, 1.82) is 0 Å². The lowest BCUT2D eigenvalue weighted by Gasteiger charge is -2.71. The number of imide groups is 1. The standard InChI is InChI=1S/C49H59N5O11/c1-45-15-13-32(56)17-29(45)5-8-33-34-18-30-22-53(27-49(30,37(58)23-55)46(34,2)20-36(57)43(33)45)31-6-3-28(4-7-31)19-47-24-48(25-47,26-47)52-44(65)35(9-12-42(63)64)51-39(60)21-50-38(59)14-16-54-40(61)10-11-41(54)62/h3-4,6-7,10-11,13,15,17,30,33-36,43,55,57H,5,8-9,12,14,16,18-27H2,1-2H3,(H,50,59)(H,51,60)(H,52,65)(H,63,64)/t30-,33-,34-,35-,36-,43+,45-,46-,47?,48?,49+/m0/s1.